The Morgan fingerprint density at radius 2 is 1.73 bits per heavy atom. The molecule has 3 rings (SSSR count). The van der Waals surface area contributed by atoms with Gasteiger partial charge >= 0.3 is 6.03 Å². The molecule has 1 aromatic rings. The molecule has 2 aliphatic rings. The second kappa shape index (κ2) is 9.12. The van der Waals surface area contributed by atoms with Crippen LogP contribution in [0.15, 0.2) is 18.2 Å². The third-order valence-electron chi connectivity index (χ3n) is 5.58. The smallest absolute Gasteiger partial charge is 0.317 e. The van der Waals surface area contributed by atoms with Crippen LogP contribution in [0.5, 0.6) is 11.5 Å². The van der Waals surface area contributed by atoms with E-state index in [4.69, 9.17) is 9.47 Å². The van der Waals surface area contributed by atoms with Crippen LogP contribution >= 0.6 is 0 Å². The van der Waals surface area contributed by atoms with E-state index in [0.29, 0.717) is 18.0 Å². The minimum Gasteiger partial charge on any atom is -0.493 e. The number of piperazine rings is 1. The van der Waals surface area contributed by atoms with Crippen molar-refractivity contribution in [3.8, 4) is 11.5 Å². The van der Waals surface area contributed by atoms with Gasteiger partial charge in [-0.15, -0.1) is 0 Å². The van der Waals surface area contributed by atoms with Crippen LogP contribution in [-0.2, 0) is 6.54 Å². The van der Waals surface area contributed by atoms with Crippen LogP contribution in [0, 0.1) is 0 Å². The van der Waals surface area contributed by atoms with Crippen LogP contribution in [-0.4, -0.2) is 62.3 Å². The predicted octanol–water partition coefficient (Wildman–Crippen LogP) is 2.86. The van der Waals surface area contributed by atoms with Crippen molar-refractivity contribution in [2.45, 2.75) is 44.7 Å². The van der Waals surface area contributed by atoms with Gasteiger partial charge in [0.05, 0.1) is 14.2 Å². The largest absolute Gasteiger partial charge is 0.493 e. The zero-order valence-electron chi connectivity index (χ0n) is 16.0. The summed E-state index contributed by atoms with van der Waals surface area (Å²) >= 11 is 0. The third-order valence-corrected chi connectivity index (χ3v) is 5.58. The first kappa shape index (κ1) is 18.8. The van der Waals surface area contributed by atoms with Crippen molar-refractivity contribution in [2.75, 3.05) is 40.4 Å². The molecule has 6 nitrogen and oxygen atoms in total. The van der Waals surface area contributed by atoms with Gasteiger partial charge in [-0.1, -0.05) is 25.3 Å². The fraction of sp³-hybridized carbons (Fsp3) is 0.650. The summed E-state index contributed by atoms with van der Waals surface area (Å²) in [7, 11) is 3.23. The van der Waals surface area contributed by atoms with E-state index >= 15 is 0 Å². The van der Waals surface area contributed by atoms with Crippen LogP contribution in [0.4, 0.5) is 4.79 Å². The number of urea groups is 1. The molecule has 0 unspecified atom stereocenters. The van der Waals surface area contributed by atoms with Crippen LogP contribution in [0.25, 0.3) is 0 Å². The van der Waals surface area contributed by atoms with Gasteiger partial charge in [-0.25, -0.2) is 4.79 Å². The molecule has 1 N–H and O–H groups in total. The molecule has 0 bridgehead atoms. The topological polar surface area (TPSA) is 54.0 Å². The van der Waals surface area contributed by atoms with E-state index < -0.39 is 0 Å². The maximum absolute atomic E-state index is 12.5. The fourth-order valence-electron chi connectivity index (χ4n) is 4.02. The average molecular weight is 361 g/mol. The minimum atomic E-state index is 0.0167. The van der Waals surface area contributed by atoms with E-state index in [0.717, 1.165) is 37.8 Å². The Morgan fingerprint density at radius 1 is 1.04 bits per heavy atom. The maximum atomic E-state index is 12.5. The van der Waals surface area contributed by atoms with Gasteiger partial charge in [0.25, 0.3) is 0 Å². The predicted molar refractivity (Wildman–Crippen MR) is 102 cm³/mol. The summed E-state index contributed by atoms with van der Waals surface area (Å²) in [5.41, 5.74) is 0.997. The van der Waals surface area contributed by atoms with E-state index in [2.05, 4.69) is 10.2 Å². The molecular weight excluding hydrogens is 330 g/mol. The normalized spacial score (nSPS) is 19.2. The van der Waals surface area contributed by atoms with Crippen LogP contribution in [0.3, 0.4) is 0 Å². The molecule has 1 aliphatic heterocycles. The molecule has 6 heteroatoms. The third kappa shape index (κ3) is 4.61. The number of carbonyl (C=O) groups is 1. The number of nitrogens with zero attached hydrogens (tertiary/aromatic N) is 2. The number of nitrogens with one attached hydrogen (secondary N) is 1. The van der Waals surface area contributed by atoms with E-state index in [9.17, 15) is 4.79 Å². The monoisotopic (exact) mass is 361 g/mol. The molecule has 1 heterocycles. The summed E-state index contributed by atoms with van der Waals surface area (Å²) in [6.45, 7) is 4.10. The number of amides is 2. The maximum Gasteiger partial charge on any atom is 0.317 e. The van der Waals surface area contributed by atoms with Gasteiger partial charge in [0.2, 0.25) is 0 Å². The van der Waals surface area contributed by atoms with Gasteiger partial charge < -0.3 is 19.7 Å². The second-order valence-electron chi connectivity index (χ2n) is 7.16. The molecule has 1 aromatic carbocycles. The molecule has 1 aliphatic carbocycles. The van der Waals surface area contributed by atoms with Crippen molar-refractivity contribution < 1.29 is 14.3 Å². The Hall–Kier alpha value is -1.95. The molecule has 0 radical (unpaired) electrons. The van der Waals surface area contributed by atoms with E-state index in [1.165, 1.54) is 32.1 Å². The lowest BCUT2D eigenvalue weighted by atomic mass is 9.94. The molecule has 1 saturated carbocycles. The van der Waals surface area contributed by atoms with Crippen molar-refractivity contribution in [1.29, 1.82) is 0 Å². The molecule has 0 atom stereocenters. The number of hydrogen-bond donors (Lipinski definition) is 1. The highest BCUT2D eigenvalue weighted by atomic mass is 16.5. The lowest BCUT2D eigenvalue weighted by Crippen LogP contribution is -2.54. The minimum absolute atomic E-state index is 0.0167. The molecule has 0 aromatic heterocycles. The molecule has 0 spiro atoms. The quantitative estimate of drug-likeness (QED) is 0.876. The van der Waals surface area contributed by atoms with Crippen molar-refractivity contribution >= 4 is 6.03 Å². The molecule has 144 valence electrons. The highest BCUT2D eigenvalue weighted by Gasteiger charge is 2.26. The summed E-state index contributed by atoms with van der Waals surface area (Å²) < 4.78 is 10.6. The fourth-order valence-corrected chi connectivity index (χ4v) is 4.02. The number of benzene rings is 1. The number of carbonyl (C=O) groups excluding carboxylic acids is 1. The summed E-state index contributed by atoms with van der Waals surface area (Å²) in [4.78, 5) is 17.0. The van der Waals surface area contributed by atoms with Crippen molar-refractivity contribution in [2.24, 2.45) is 0 Å². The first-order valence-electron chi connectivity index (χ1n) is 9.69. The number of rotatable bonds is 5. The molecule has 1 saturated heterocycles. The van der Waals surface area contributed by atoms with Gasteiger partial charge in [0.15, 0.2) is 11.5 Å². The average Bonchev–Trinajstić information content (AvgIpc) is 2.72. The Labute approximate surface area is 156 Å². The Kier molecular flexibility index (Phi) is 6.61. The van der Waals surface area contributed by atoms with E-state index in [-0.39, 0.29) is 6.03 Å². The van der Waals surface area contributed by atoms with E-state index in [1.54, 1.807) is 14.2 Å². The number of methoxy groups -OCH3 is 2. The number of ether oxygens (including phenoxy) is 2. The molecular formula is C20H31N3O3. The van der Waals surface area contributed by atoms with Gasteiger partial charge in [-0.2, -0.15) is 0 Å². The first-order valence-corrected chi connectivity index (χ1v) is 9.69. The molecule has 2 amide bonds. The van der Waals surface area contributed by atoms with Crippen molar-refractivity contribution in [1.82, 2.24) is 15.1 Å². The Morgan fingerprint density at radius 3 is 2.38 bits per heavy atom. The zero-order valence-corrected chi connectivity index (χ0v) is 16.0. The summed E-state index contributed by atoms with van der Waals surface area (Å²) in [5, 5.41) is 3.02. The van der Waals surface area contributed by atoms with Gasteiger partial charge in [-0.3, -0.25) is 4.90 Å². The summed E-state index contributed by atoms with van der Waals surface area (Å²) in [6, 6.07) is 6.47. The lowest BCUT2D eigenvalue weighted by molar-refractivity contribution is 0.0905. The van der Waals surface area contributed by atoms with Crippen molar-refractivity contribution in [3.63, 3.8) is 0 Å². The Balaban J connectivity index is 1.45. The summed E-state index contributed by atoms with van der Waals surface area (Å²) in [6.07, 6.45) is 6.75. The highest BCUT2D eigenvalue weighted by molar-refractivity contribution is 5.74. The van der Waals surface area contributed by atoms with E-state index in [1.807, 2.05) is 23.1 Å². The Bertz CT molecular complexity index is 594. The second-order valence-corrected chi connectivity index (χ2v) is 7.16. The lowest BCUT2D eigenvalue weighted by Gasteiger charge is -2.40. The van der Waals surface area contributed by atoms with Crippen LogP contribution in [0.2, 0.25) is 0 Å². The first-order chi connectivity index (χ1) is 12.7. The SMILES string of the molecule is COc1ccc(CNC(=O)N2CCN(C3CCCCC3)CC2)cc1OC. The molecule has 2 fully saturated rings. The zero-order chi connectivity index (χ0) is 18.4. The standard InChI is InChI=1S/C20H31N3O3/c1-25-18-9-8-16(14-19(18)26-2)15-21-20(24)23-12-10-22(11-13-23)17-6-4-3-5-7-17/h8-9,14,17H,3-7,10-13,15H2,1-2H3,(H,21,24). The molecule has 26 heavy (non-hydrogen) atoms. The van der Waals surface area contributed by atoms with Crippen LogP contribution in [0.1, 0.15) is 37.7 Å². The van der Waals surface area contributed by atoms with Gasteiger partial charge in [-0.05, 0) is 30.5 Å². The summed E-state index contributed by atoms with van der Waals surface area (Å²) in [5.74, 6) is 1.38. The van der Waals surface area contributed by atoms with Crippen LogP contribution < -0.4 is 14.8 Å². The highest BCUT2D eigenvalue weighted by Crippen LogP contribution is 2.27. The van der Waals surface area contributed by atoms with Gasteiger partial charge in [0, 0.05) is 38.8 Å². The van der Waals surface area contributed by atoms with Gasteiger partial charge in [0.1, 0.15) is 0 Å². The number of hydrogen-bond acceptors (Lipinski definition) is 4. The van der Waals surface area contributed by atoms with Crippen molar-refractivity contribution in [3.05, 3.63) is 23.8 Å².